The SMILES string of the molecule is CNC(=O)CCCSc1nnc(CN)n1C. The first kappa shape index (κ1) is 13.0. The van der Waals surface area contributed by atoms with E-state index in [0.29, 0.717) is 13.0 Å². The van der Waals surface area contributed by atoms with E-state index in [4.69, 9.17) is 5.73 Å². The van der Waals surface area contributed by atoms with Gasteiger partial charge >= 0.3 is 0 Å². The number of aromatic nitrogens is 3. The molecule has 16 heavy (non-hydrogen) atoms. The molecule has 1 heterocycles. The van der Waals surface area contributed by atoms with Gasteiger partial charge in [-0.1, -0.05) is 11.8 Å². The predicted molar refractivity (Wildman–Crippen MR) is 62.9 cm³/mol. The third-order valence-corrected chi connectivity index (χ3v) is 3.27. The minimum Gasteiger partial charge on any atom is -0.359 e. The Balaban J connectivity index is 2.32. The highest BCUT2D eigenvalue weighted by Gasteiger charge is 2.07. The van der Waals surface area contributed by atoms with Crippen molar-refractivity contribution in [2.75, 3.05) is 12.8 Å². The van der Waals surface area contributed by atoms with Gasteiger partial charge in [-0.3, -0.25) is 4.79 Å². The lowest BCUT2D eigenvalue weighted by molar-refractivity contribution is -0.120. The fourth-order valence-corrected chi connectivity index (χ4v) is 2.04. The van der Waals surface area contributed by atoms with Crippen LogP contribution in [0.25, 0.3) is 0 Å². The van der Waals surface area contributed by atoms with Gasteiger partial charge in [-0.05, 0) is 6.42 Å². The maximum absolute atomic E-state index is 11.0. The summed E-state index contributed by atoms with van der Waals surface area (Å²) in [6.45, 7) is 0.391. The van der Waals surface area contributed by atoms with Gasteiger partial charge < -0.3 is 15.6 Å². The van der Waals surface area contributed by atoms with Crippen molar-refractivity contribution in [3.05, 3.63) is 5.82 Å². The van der Waals surface area contributed by atoms with E-state index in [1.165, 1.54) is 0 Å². The number of thioether (sulfide) groups is 1. The zero-order valence-corrected chi connectivity index (χ0v) is 10.4. The fraction of sp³-hybridized carbons (Fsp3) is 0.667. The zero-order chi connectivity index (χ0) is 12.0. The number of hydrogen-bond acceptors (Lipinski definition) is 5. The van der Waals surface area contributed by atoms with E-state index in [0.717, 1.165) is 23.2 Å². The summed E-state index contributed by atoms with van der Waals surface area (Å²) in [7, 11) is 3.54. The number of nitrogens with one attached hydrogen (secondary N) is 1. The van der Waals surface area contributed by atoms with Crippen LogP contribution in [0.4, 0.5) is 0 Å². The molecule has 1 aromatic heterocycles. The van der Waals surface area contributed by atoms with Crippen LogP contribution in [0.5, 0.6) is 0 Å². The third kappa shape index (κ3) is 3.49. The van der Waals surface area contributed by atoms with Gasteiger partial charge in [0, 0.05) is 26.3 Å². The number of amides is 1. The smallest absolute Gasteiger partial charge is 0.219 e. The van der Waals surface area contributed by atoms with Crippen molar-refractivity contribution in [3.8, 4) is 0 Å². The molecule has 0 aliphatic heterocycles. The minimum atomic E-state index is 0.0706. The third-order valence-electron chi connectivity index (χ3n) is 2.17. The molecule has 6 nitrogen and oxygen atoms in total. The van der Waals surface area contributed by atoms with Crippen LogP contribution in [0.2, 0.25) is 0 Å². The summed E-state index contributed by atoms with van der Waals surface area (Å²) in [5.41, 5.74) is 5.49. The molecule has 0 saturated carbocycles. The molecule has 1 amide bonds. The first-order valence-electron chi connectivity index (χ1n) is 5.10. The molecule has 0 aliphatic rings. The average Bonchev–Trinajstić information content (AvgIpc) is 2.65. The Kier molecular flexibility index (Phi) is 5.27. The lowest BCUT2D eigenvalue weighted by Gasteiger charge is -2.02. The molecule has 0 spiro atoms. The van der Waals surface area contributed by atoms with Gasteiger partial charge in [-0.15, -0.1) is 10.2 Å². The van der Waals surface area contributed by atoms with Crippen LogP contribution < -0.4 is 11.1 Å². The fourth-order valence-electron chi connectivity index (χ4n) is 1.17. The standard InChI is InChI=1S/C9H17N5OS/c1-11-8(15)4-3-5-16-9-13-12-7(6-10)14(9)2/h3-6,10H2,1-2H3,(H,11,15). The molecule has 90 valence electrons. The Morgan fingerprint density at radius 3 is 2.88 bits per heavy atom. The number of nitrogens with two attached hydrogens (primary N) is 1. The molecule has 0 aliphatic carbocycles. The minimum absolute atomic E-state index is 0.0706. The molecule has 0 fully saturated rings. The lowest BCUT2D eigenvalue weighted by atomic mass is 10.3. The van der Waals surface area contributed by atoms with Gasteiger partial charge in [-0.25, -0.2) is 0 Å². The van der Waals surface area contributed by atoms with Gasteiger partial charge in [-0.2, -0.15) is 0 Å². The van der Waals surface area contributed by atoms with Crippen LogP contribution >= 0.6 is 11.8 Å². The largest absolute Gasteiger partial charge is 0.359 e. The van der Waals surface area contributed by atoms with E-state index in [2.05, 4.69) is 15.5 Å². The Labute approximate surface area is 99.0 Å². The van der Waals surface area contributed by atoms with Crippen molar-refractivity contribution >= 4 is 17.7 Å². The Morgan fingerprint density at radius 1 is 1.56 bits per heavy atom. The molecule has 0 saturated heterocycles. The second-order valence-electron chi connectivity index (χ2n) is 3.29. The van der Waals surface area contributed by atoms with Gasteiger partial charge in [0.25, 0.3) is 0 Å². The molecule has 0 bridgehead atoms. The molecule has 0 radical (unpaired) electrons. The summed E-state index contributed by atoms with van der Waals surface area (Å²) < 4.78 is 1.88. The molecule has 0 atom stereocenters. The van der Waals surface area contributed by atoms with E-state index in [1.807, 2.05) is 11.6 Å². The van der Waals surface area contributed by atoms with Gasteiger partial charge in [0.2, 0.25) is 5.91 Å². The van der Waals surface area contributed by atoms with E-state index in [-0.39, 0.29) is 5.91 Å². The number of rotatable bonds is 6. The summed E-state index contributed by atoms with van der Waals surface area (Å²) in [6, 6.07) is 0. The summed E-state index contributed by atoms with van der Waals surface area (Å²) >= 11 is 1.59. The summed E-state index contributed by atoms with van der Waals surface area (Å²) in [5, 5.41) is 11.4. The van der Waals surface area contributed by atoms with E-state index in [1.54, 1.807) is 18.8 Å². The average molecular weight is 243 g/mol. The van der Waals surface area contributed by atoms with Crippen LogP contribution in [-0.2, 0) is 18.4 Å². The van der Waals surface area contributed by atoms with Crippen LogP contribution in [0.15, 0.2) is 5.16 Å². The Morgan fingerprint density at radius 2 is 2.31 bits per heavy atom. The van der Waals surface area contributed by atoms with Gasteiger partial charge in [0.1, 0.15) is 5.82 Å². The number of carbonyl (C=O) groups is 1. The number of nitrogens with zero attached hydrogens (tertiary/aromatic N) is 3. The van der Waals surface area contributed by atoms with Crippen molar-refractivity contribution in [1.82, 2.24) is 20.1 Å². The lowest BCUT2D eigenvalue weighted by Crippen LogP contribution is -2.17. The highest BCUT2D eigenvalue weighted by molar-refractivity contribution is 7.99. The molecule has 1 rings (SSSR count). The van der Waals surface area contributed by atoms with Crippen LogP contribution in [0.3, 0.4) is 0 Å². The normalized spacial score (nSPS) is 10.4. The van der Waals surface area contributed by atoms with E-state index >= 15 is 0 Å². The monoisotopic (exact) mass is 243 g/mol. The van der Waals surface area contributed by atoms with Crippen molar-refractivity contribution in [1.29, 1.82) is 0 Å². The predicted octanol–water partition coefficient (Wildman–Crippen LogP) is -0.108. The van der Waals surface area contributed by atoms with Gasteiger partial charge in [0.05, 0.1) is 6.54 Å². The van der Waals surface area contributed by atoms with Crippen LogP contribution in [0, 0.1) is 0 Å². The topological polar surface area (TPSA) is 85.8 Å². The summed E-state index contributed by atoms with van der Waals surface area (Å²) in [5.74, 6) is 1.69. The molecule has 7 heteroatoms. The first-order valence-corrected chi connectivity index (χ1v) is 6.09. The summed E-state index contributed by atoms with van der Waals surface area (Å²) in [4.78, 5) is 11.0. The highest BCUT2D eigenvalue weighted by atomic mass is 32.2. The molecule has 1 aromatic rings. The van der Waals surface area contributed by atoms with Crippen molar-refractivity contribution < 1.29 is 4.79 Å². The first-order chi connectivity index (χ1) is 7.69. The Bertz CT molecular complexity index is 352. The quantitative estimate of drug-likeness (QED) is 0.538. The highest BCUT2D eigenvalue weighted by Crippen LogP contribution is 2.16. The Hall–Kier alpha value is -1.08. The summed E-state index contributed by atoms with van der Waals surface area (Å²) in [6.07, 6.45) is 1.38. The van der Waals surface area contributed by atoms with E-state index in [9.17, 15) is 4.79 Å². The second-order valence-corrected chi connectivity index (χ2v) is 4.35. The zero-order valence-electron chi connectivity index (χ0n) is 9.56. The van der Waals surface area contributed by atoms with Crippen LogP contribution in [0.1, 0.15) is 18.7 Å². The molecule has 0 unspecified atom stereocenters. The molecular formula is C9H17N5OS. The number of carbonyl (C=O) groups excluding carboxylic acids is 1. The maximum atomic E-state index is 11.0. The maximum Gasteiger partial charge on any atom is 0.219 e. The van der Waals surface area contributed by atoms with Crippen molar-refractivity contribution in [3.63, 3.8) is 0 Å². The van der Waals surface area contributed by atoms with Crippen molar-refractivity contribution in [2.24, 2.45) is 12.8 Å². The second kappa shape index (κ2) is 6.49. The van der Waals surface area contributed by atoms with Gasteiger partial charge in [0.15, 0.2) is 5.16 Å². The van der Waals surface area contributed by atoms with E-state index < -0.39 is 0 Å². The van der Waals surface area contributed by atoms with Crippen molar-refractivity contribution in [2.45, 2.75) is 24.5 Å². The van der Waals surface area contributed by atoms with Crippen LogP contribution in [-0.4, -0.2) is 33.5 Å². The molecule has 3 N–H and O–H groups in total. The molecule has 0 aromatic carbocycles. The molecular weight excluding hydrogens is 226 g/mol. The number of hydrogen-bond donors (Lipinski definition) is 2.